The van der Waals surface area contributed by atoms with Gasteiger partial charge in [0.05, 0.1) is 18.6 Å². The van der Waals surface area contributed by atoms with Crippen molar-refractivity contribution in [2.24, 2.45) is 33.0 Å². The van der Waals surface area contributed by atoms with E-state index in [1.165, 1.54) is 5.57 Å². The van der Waals surface area contributed by atoms with Crippen LogP contribution in [0.4, 0.5) is 0 Å². The van der Waals surface area contributed by atoms with Crippen LogP contribution in [-0.4, -0.2) is 73.7 Å². The molecule has 0 bridgehead atoms. The molecular formula is C37H52N2O6. The summed E-state index contributed by atoms with van der Waals surface area (Å²) >= 11 is 0. The smallest absolute Gasteiger partial charge is 0.311 e. The lowest BCUT2D eigenvalue weighted by molar-refractivity contribution is -0.165. The summed E-state index contributed by atoms with van der Waals surface area (Å²) in [5.41, 5.74) is 3.08. The lowest BCUT2D eigenvalue weighted by Crippen LogP contribution is -2.67. The molecule has 1 heterocycles. The largest absolute Gasteiger partial charge is 0.504 e. The Balaban J connectivity index is 1.25. The minimum atomic E-state index is -0.516. The standard InChI is InChI=1S/C37H52N2O6/c1-23-24-9-10-27-34(4,25(24)17-26(40)29(23)41)14-16-36(6)28-18-33(3,13-11-32(28,2)12-15-35(27,36)5)38-30(42)31(43)39-19-37(20-39,21-44-7)22-45-8/h9-10,17,28,41H,11-16,18-22H2,1-8H3,(H,38,42)/t28?,32-,33-,34+,35-,36+/m1/s1. The van der Waals surface area contributed by atoms with Crippen LogP contribution >= 0.6 is 0 Å². The van der Waals surface area contributed by atoms with Gasteiger partial charge in [0.1, 0.15) is 0 Å². The SMILES string of the molecule is COCC1(COC)CN(C(=O)C(=O)N[C@]2(C)CC[C@]3(C)CC[C@]4(C)C5=CC=C6C(=CC(=O)C(O)=C6C)[C@]5(C)CC[C@@]4(C)C3C2)C1. The van der Waals surface area contributed by atoms with Gasteiger partial charge in [-0.1, -0.05) is 45.4 Å². The first kappa shape index (κ1) is 32.2. The van der Waals surface area contributed by atoms with Crippen molar-refractivity contribution in [2.45, 2.75) is 92.0 Å². The van der Waals surface area contributed by atoms with Crippen LogP contribution in [0, 0.1) is 33.0 Å². The van der Waals surface area contributed by atoms with Crippen molar-refractivity contribution < 1.29 is 29.0 Å². The fourth-order valence-electron chi connectivity index (χ4n) is 10.8. The van der Waals surface area contributed by atoms with Crippen LogP contribution in [0.1, 0.15) is 86.5 Å². The number of ketones is 1. The highest BCUT2D eigenvalue weighted by Crippen LogP contribution is 2.75. The van der Waals surface area contributed by atoms with Gasteiger partial charge in [-0.2, -0.15) is 0 Å². The van der Waals surface area contributed by atoms with Gasteiger partial charge in [0, 0.05) is 43.8 Å². The zero-order valence-electron chi connectivity index (χ0n) is 28.5. The number of nitrogens with zero attached hydrogens (tertiary/aromatic N) is 1. The Morgan fingerprint density at radius 3 is 2.24 bits per heavy atom. The molecule has 6 rings (SSSR count). The van der Waals surface area contributed by atoms with Gasteiger partial charge < -0.3 is 24.8 Å². The minimum Gasteiger partial charge on any atom is -0.504 e. The number of fused-ring (bicyclic) bond motifs is 7. The summed E-state index contributed by atoms with van der Waals surface area (Å²) < 4.78 is 10.7. The second-order valence-corrected chi connectivity index (χ2v) is 16.6. The number of likely N-dealkylation sites (tertiary alicyclic amines) is 1. The molecule has 1 saturated heterocycles. The number of aliphatic hydroxyl groups is 1. The maximum absolute atomic E-state index is 13.4. The highest BCUT2D eigenvalue weighted by atomic mass is 16.5. The van der Waals surface area contributed by atoms with E-state index >= 15 is 0 Å². The molecule has 5 aliphatic carbocycles. The quantitative estimate of drug-likeness (QED) is 0.388. The van der Waals surface area contributed by atoms with Crippen LogP contribution in [0.3, 0.4) is 0 Å². The lowest BCUT2D eigenvalue weighted by Gasteiger charge is -2.70. The lowest BCUT2D eigenvalue weighted by atomic mass is 9.35. The molecule has 1 aliphatic heterocycles. The van der Waals surface area contributed by atoms with Crippen molar-refractivity contribution in [1.29, 1.82) is 0 Å². The van der Waals surface area contributed by atoms with Gasteiger partial charge in [-0.15, -0.1) is 0 Å². The van der Waals surface area contributed by atoms with Crippen molar-refractivity contribution >= 4 is 17.6 Å². The zero-order chi connectivity index (χ0) is 32.8. The molecule has 6 atom stereocenters. The Bertz CT molecular complexity index is 1460. The van der Waals surface area contributed by atoms with Crippen molar-refractivity contribution in [2.75, 3.05) is 40.5 Å². The molecule has 0 aromatic heterocycles. The second-order valence-electron chi connectivity index (χ2n) is 16.6. The number of ether oxygens (including phenoxy) is 2. The Labute approximate surface area is 268 Å². The van der Waals surface area contributed by atoms with Crippen molar-refractivity contribution in [3.05, 3.63) is 46.3 Å². The molecule has 3 saturated carbocycles. The number of methoxy groups -OCH3 is 2. The van der Waals surface area contributed by atoms with Gasteiger partial charge in [-0.05, 0) is 98.2 Å². The first-order valence-corrected chi connectivity index (χ1v) is 16.7. The number of carbonyl (C=O) groups is 3. The molecule has 6 aliphatic rings. The van der Waals surface area contributed by atoms with E-state index in [0.29, 0.717) is 37.8 Å². The average Bonchev–Trinajstić information content (AvgIpc) is 2.97. The highest BCUT2D eigenvalue weighted by Gasteiger charge is 2.67. The van der Waals surface area contributed by atoms with Gasteiger partial charge in [0.15, 0.2) is 5.76 Å². The topological polar surface area (TPSA) is 105 Å². The molecule has 0 aromatic carbocycles. The van der Waals surface area contributed by atoms with E-state index in [-0.39, 0.29) is 38.6 Å². The minimum absolute atomic E-state index is 0.0310. The molecule has 2 N–H and O–H groups in total. The summed E-state index contributed by atoms with van der Waals surface area (Å²) in [5, 5.41) is 13.7. The van der Waals surface area contributed by atoms with Crippen LogP contribution < -0.4 is 5.32 Å². The maximum Gasteiger partial charge on any atom is 0.311 e. The molecule has 1 unspecified atom stereocenters. The number of hydrogen-bond donors (Lipinski definition) is 2. The fourth-order valence-corrected chi connectivity index (χ4v) is 10.8. The predicted molar refractivity (Wildman–Crippen MR) is 172 cm³/mol. The molecule has 246 valence electrons. The molecule has 8 nitrogen and oxygen atoms in total. The Morgan fingerprint density at radius 2 is 1.60 bits per heavy atom. The zero-order valence-corrected chi connectivity index (χ0v) is 28.5. The number of carbonyl (C=O) groups excluding carboxylic acids is 3. The molecule has 0 aromatic rings. The Morgan fingerprint density at radius 1 is 0.956 bits per heavy atom. The molecule has 2 amide bonds. The third kappa shape index (κ3) is 4.56. The number of aliphatic hydroxyl groups excluding tert-OH is 1. The van der Waals surface area contributed by atoms with Crippen LogP contribution in [-0.2, 0) is 23.9 Å². The summed E-state index contributed by atoms with van der Waals surface area (Å²) in [6.07, 6.45) is 12.9. The molecule has 0 radical (unpaired) electrons. The normalized spacial score (nSPS) is 40.1. The van der Waals surface area contributed by atoms with E-state index in [2.05, 4.69) is 52.1 Å². The van der Waals surface area contributed by atoms with Gasteiger partial charge in [-0.25, -0.2) is 0 Å². The molecule has 0 spiro atoms. The van der Waals surface area contributed by atoms with E-state index in [0.717, 1.165) is 56.1 Å². The van der Waals surface area contributed by atoms with E-state index < -0.39 is 17.4 Å². The third-order valence-electron chi connectivity index (χ3n) is 13.7. The first-order chi connectivity index (χ1) is 21.0. The summed E-state index contributed by atoms with van der Waals surface area (Å²) in [4.78, 5) is 41.1. The summed E-state index contributed by atoms with van der Waals surface area (Å²) in [7, 11) is 3.29. The van der Waals surface area contributed by atoms with Crippen molar-refractivity contribution in [3.8, 4) is 0 Å². The van der Waals surface area contributed by atoms with Gasteiger partial charge >= 0.3 is 11.8 Å². The number of nitrogens with one attached hydrogen (secondary N) is 1. The molecule has 45 heavy (non-hydrogen) atoms. The summed E-state index contributed by atoms with van der Waals surface area (Å²) in [5.74, 6) is -1.09. The number of hydrogen-bond acceptors (Lipinski definition) is 6. The van der Waals surface area contributed by atoms with Crippen LogP contribution in [0.2, 0.25) is 0 Å². The second kappa shape index (κ2) is 10.4. The van der Waals surface area contributed by atoms with E-state index in [1.54, 1.807) is 25.2 Å². The van der Waals surface area contributed by atoms with Crippen LogP contribution in [0.5, 0.6) is 0 Å². The summed E-state index contributed by atoms with van der Waals surface area (Å²) in [6.45, 7) is 15.5. The third-order valence-corrected chi connectivity index (χ3v) is 13.7. The van der Waals surface area contributed by atoms with Crippen LogP contribution in [0.25, 0.3) is 0 Å². The number of amides is 2. The average molecular weight is 621 g/mol. The number of allylic oxidation sites excluding steroid dienone is 7. The van der Waals surface area contributed by atoms with Gasteiger partial charge in [-0.3, -0.25) is 14.4 Å². The van der Waals surface area contributed by atoms with E-state index in [4.69, 9.17) is 9.47 Å². The maximum atomic E-state index is 13.4. The molecular weight excluding hydrogens is 568 g/mol. The van der Waals surface area contributed by atoms with E-state index in [1.807, 2.05) is 6.92 Å². The first-order valence-electron chi connectivity index (χ1n) is 16.7. The highest BCUT2D eigenvalue weighted by molar-refractivity contribution is 6.35. The summed E-state index contributed by atoms with van der Waals surface area (Å²) in [6, 6.07) is 0. The van der Waals surface area contributed by atoms with Gasteiger partial charge in [0.25, 0.3) is 0 Å². The van der Waals surface area contributed by atoms with Crippen LogP contribution in [0.15, 0.2) is 46.3 Å². The van der Waals surface area contributed by atoms with Crippen molar-refractivity contribution in [3.63, 3.8) is 0 Å². The fraction of sp³-hybridized carbons (Fsp3) is 0.703. The van der Waals surface area contributed by atoms with Gasteiger partial charge in [0.2, 0.25) is 5.78 Å². The Hall–Kier alpha value is -2.71. The molecule has 4 fully saturated rings. The Kier molecular flexibility index (Phi) is 7.45. The monoisotopic (exact) mass is 620 g/mol. The van der Waals surface area contributed by atoms with Crippen molar-refractivity contribution in [1.82, 2.24) is 10.2 Å². The molecule has 8 heteroatoms. The van der Waals surface area contributed by atoms with E-state index in [9.17, 15) is 19.5 Å². The predicted octanol–water partition coefficient (Wildman–Crippen LogP) is 5.60. The number of rotatable bonds is 5.